The average Bonchev–Trinajstić information content (AvgIpc) is 2.91. The number of ether oxygens (including phenoxy) is 10. The van der Waals surface area contributed by atoms with Gasteiger partial charge in [0.05, 0.1) is 5.25 Å². The lowest BCUT2D eigenvalue weighted by atomic mass is 9.97. The summed E-state index contributed by atoms with van der Waals surface area (Å²) in [6.45, 7) is 7.52. The Balaban J connectivity index is 2.73. The van der Waals surface area contributed by atoms with Gasteiger partial charge in [-0.15, -0.1) is 11.8 Å². The van der Waals surface area contributed by atoms with Crippen LogP contribution in [0.3, 0.4) is 0 Å². The van der Waals surface area contributed by atoms with E-state index in [1.54, 1.807) is 0 Å². The minimum Gasteiger partial charge on any atom is -0.465 e. The lowest BCUT2D eigenvalue weighted by molar-refractivity contribution is -0.325. The van der Waals surface area contributed by atoms with Crippen LogP contribution < -0.4 is 0 Å². The predicted octanol–water partition coefficient (Wildman–Crippen LogP) is -0.114. The van der Waals surface area contributed by atoms with E-state index in [1.165, 1.54) is 0 Å². The van der Waals surface area contributed by atoms with Crippen LogP contribution in [0.4, 0.5) is 0 Å². The third kappa shape index (κ3) is 12.3. The van der Waals surface area contributed by atoms with Crippen molar-refractivity contribution in [1.29, 1.82) is 0 Å². The molecular formula is C28H38O18S. The van der Waals surface area contributed by atoms with Crippen molar-refractivity contribution in [3.8, 4) is 0 Å². The maximum Gasteiger partial charge on any atom is 0.303 e. The molecule has 0 bridgehead atoms. The van der Waals surface area contributed by atoms with Gasteiger partial charge in [0, 0.05) is 55.4 Å². The molecule has 19 heteroatoms. The van der Waals surface area contributed by atoms with E-state index in [2.05, 4.69) is 0 Å². The second-order valence-corrected chi connectivity index (χ2v) is 11.6. The number of hydrogen-bond donors (Lipinski definition) is 0. The van der Waals surface area contributed by atoms with Gasteiger partial charge in [0.25, 0.3) is 0 Å². The van der Waals surface area contributed by atoms with Crippen molar-refractivity contribution in [1.82, 2.24) is 0 Å². The second kappa shape index (κ2) is 17.8. The van der Waals surface area contributed by atoms with Gasteiger partial charge in [0.2, 0.25) is 0 Å². The molecule has 0 unspecified atom stereocenters. The van der Waals surface area contributed by atoms with Crippen molar-refractivity contribution < 1.29 is 85.7 Å². The monoisotopic (exact) mass is 694 g/mol. The SMILES string of the molecule is CC(=O)OC[C@H]1O[C@H](O[C@H]2[C@H](OC(C)=O)[C@@H](OC(C)=O)[C@H](OC(C)=O)S[C@@H]2COC(C)=O)[C@H](OC(C)=O)[C@@H](OC(C)=O)[C@@H]1OC(C)=O. The highest BCUT2D eigenvalue weighted by Crippen LogP contribution is 2.41. The smallest absolute Gasteiger partial charge is 0.303 e. The Kier molecular flexibility index (Phi) is 14.9. The Morgan fingerprint density at radius 1 is 0.468 bits per heavy atom. The summed E-state index contributed by atoms with van der Waals surface area (Å²) in [5.41, 5.74) is -1.29. The molecular weight excluding hydrogens is 656 g/mol. The van der Waals surface area contributed by atoms with E-state index in [0.717, 1.165) is 67.2 Å². The predicted molar refractivity (Wildman–Crippen MR) is 152 cm³/mol. The summed E-state index contributed by atoms with van der Waals surface area (Å²) in [6, 6.07) is 0. The molecule has 0 aromatic carbocycles. The molecule has 10 atom stereocenters. The topological polar surface area (TPSA) is 229 Å². The first kappa shape index (κ1) is 39.2. The van der Waals surface area contributed by atoms with Crippen molar-refractivity contribution in [3.63, 3.8) is 0 Å². The lowest BCUT2D eigenvalue weighted by Gasteiger charge is -2.48. The van der Waals surface area contributed by atoms with Gasteiger partial charge in [-0.1, -0.05) is 0 Å². The van der Waals surface area contributed by atoms with Gasteiger partial charge < -0.3 is 47.4 Å². The van der Waals surface area contributed by atoms with Crippen LogP contribution in [0, 0.1) is 0 Å². The number of esters is 8. The molecule has 2 fully saturated rings. The molecule has 2 rings (SSSR count). The van der Waals surface area contributed by atoms with E-state index >= 15 is 0 Å². The summed E-state index contributed by atoms with van der Waals surface area (Å²) in [4.78, 5) is 96.5. The molecule has 0 N–H and O–H groups in total. The Labute approximate surface area is 273 Å². The third-order valence-electron chi connectivity index (χ3n) is 6.17. The van der Waals surface area contributed by atoms with Crippen molar-refractivity contribution in [2.24, 2.45) is 0 Å². The molecule has 18 nitrogen and oxygen atoms in total. The molecule has 0 saturated carbocycles. The molecule has 264 valence electrons. The number of carbonyl (C=O) groups excluding carboxylic acids is 8. The minimum absolute atomic E-state index is 0.432. The first-order valence-electron chi connectivity index (χ1n) is 14.2. The molecule has 2 saturated heterocycles. The summed E-state index contributed by atoms with van der Waals surface area (Å²) < 4.78 is 55.1. The van der Waals surface area contributed by atoms with E-state index in [-0.39, 0.29) is 0 Å². The fourth-order valence-electron chi connectivity index (χ4n) is 4.73. The minimum atomic E-state index is -1.76. The summed E-state index contributed by atoms with van der Waals surface area (Å²) in [7, 11) is 0. The molecule has 47 heavy (non-hydrogen) atoms. The Bertz CT molecular complexity index is 1200. The number of hydrogen-bond acceptors (Lipinski definition) is 19. The van der Waals surface area contributed by atoms with E-state index in [9.17, 15) is 38.4 Å². The van der Waals surface area contributed by atoms with E-state index in [0.29, 0.717) is 0 Å². The maximum absolute atomic E-state index is 12.3. The molecule has 0 aromatic heterocycles. The van der Waals surface area contributed by atoms with Crippen molar-refractivity contribution in [3.05, 3.63) is 0 Å². The van der Waals surface area contributed by atoms with Gasteiger partial charge in [-0.2, -0.15) is 0 Å². The molecule has 2 aliphatic rings. The van der Waals surface area contributed by atoms with Gasteiger partial charge in [0.15, 0.2) is 42.2 Å². The molecule has 0 aromatic rings. The van der Waals surface area contributed by atoms with Gasteiger partial charge in [0.1, 0.15) is 25.4 Å². The first-order chi connectivity index (χ1) is 21.9. The zero-order valence-corrected chi connectivity index (χ0v) is 27.8. The van der Waals surface area contributed by atoms with Crippen molar-refractivity contribution in [2.45, 2.75) is 115 Å². The van der Waals surface area contributed by atoms with Crippen LogP contribution in [0.2, 0.25) is 0 Å². The molecule has 0 aliphatic carbocycles. The molecule has 0 radical (unpaired) electrons. The van der Waals surface area contributed by atoms with Crippen LogP contribution in [-0.2, 0) is 85.7 Å². The van der Waals surface area contributed by atoms with Crippen molar-refractivity contribution >= 4 is 59.5 Å². The highest BCUT2D eigenvalue weighted by molar-refractivity contribution is 8.00. The highest BCUT2D eigenvalue weighted by atomic mass is 32.2. The highest BCUT2D eigenvalue weighted by Gasteiger charge is 2.57. The Morgan fingerprint density at radius 2 is 0.872 bits per heavy atom. The molecule has 2 heterocycles. The lowest BCUT2D eigenvalue weighted by Crippen LogP contribution is -2.66. The standard InChI is InChI=1S/C28H38O18S/c1-11(29)37-9-19-21(39-13(3)31)23(40-14(4)32)25(42-16(6)34)27(45-19)46-22-20(10-38-12(2)30)47-28(44-18(8)36)26(43-17(7)35)24(22)41-15(5)33/h19-28H,9-10H2,1-8H3/t19-,20-,21-,22-,23+,24+,25-,26-,27-,28-/m1/s1. The maximum atomic E-state index is 12.3. The van der Waals surface area contributed by atoms with Gasteiger partial charge in [-0.3, -0.25) is 38.4 Å². The Hall–Kier alpha value is -3.97. The largest absolute Gasteiger partial charge is 0.465 e. The second-order valence-electron chi connectivity index (χ2n) is 10.3. The van der Waals surface area contributed by atoms with Crippen LogP contribution in [-0.4, -0.2) is 121 Å². The summed E-state index contributed by atoms with van der Waals surface area (Å²) in [6.07, 6.45) is -12.5. The van der Waals surface area contributed by atoms with Crippen LogP contribution >= 0.6 is 11.8 Å². The number of carbonyl (C=O) groups is 8. The number of thioether (sulfide) groups is 1. The molecule has 2 aliphatic heterocycles. The Morgan fingerprint density at radius 3 is 1.34 bits per heavy atom. The quantitative estimate of drug-likeness (QED) is 0.192. The van der Waals surface area contributed by atoms with Gasteiger partial charge in [-0.05, 0) is 0 Å². The molecule has 0 spiro atoms. The normalized spacial score (nSPS) is 30.0. The molecule has 0 amide bonds. The van der Waals surface area contributed by atoms with Gasteiger partial charge in [-0.25, -0.2) is 0 Å². The van der Waals surface area contributed by atoms with Crippen molar-refractivity contribution in [2.75, 3.05) is 13.2 Å². The van der Waals surface area contributed by atoms with Crippen LogP contribution in [0.1, 0.15) is 55.4 Å². The summed E-state index contributed by atoms with van der Waals surface area (Å²) >= 11 is 0.829. The van der Waals surface area contributed by atoms with E-state index in [4.69, 9.17) is 47.4 Å². The van der Waals surface area contributed by atoms with Gasteiger partial charge >= 0.3 is 47.8 Å². The van der Waals surface area contributed by atoms with Crippen LogP contribution in [0.5, 0.6) is 0 Å². The fourth-order valence-corrected chi connectivity index (χ4v) is 6.15. The average molecular weight is 695 g/mol. The zero-order chi connectivity index (χ0) is 35.6. The van der Waals surface area contributed by atoms with Crippen LogP contribution in [0.15, 0.2) is 0 Å². The summed E-state index contributed by atoms with van der Waals surface area (Å²) in [5.74, 6) is -6.66. The van der Waals surface area contributed by atoms with E-state index < -0.39 is 121 Å². The fraction of sp³-hybridized carbons (Fsp3) is 0.714. The first-order valence-corrected chi connectivity index (χ1v) is 15.1. The zero-order valence-electron chi connectivity index (χ0n) is 26.9. The third-order valence-corrected chi connectivity index (χ3v) is 7.55. The van der Waals surface area contributed by atoms with E-state index in [1.807, 2.05) is 0 Å². The number of rotatable bonds is 12. The van der Waals surface area contributed by atoms with Crippen LogP contribution in [0.25, 0.3) is 0 Å². The summed E-state index contributed by atoms with van der Waals surface area (Å²) in [5, 5.41) is -1.05.